The Kier molecular flexibility index (Phi) is 4.18. The first-order valence-electron chi connectivity index (χ1n) is 4.67. The van der Waals surface area contributed by atoms with Gasteiger partial charge in [0.1, 0.15) is 0 Å². The Morgan fingerprint density at radius 1 is 0.923 bits per heavy atom. The SMILES string of the molecule is CC(C)[O][Ge]1([O]C(C)C)[O]CC[O]1. The van der Waals surface area contributed by atoms with Gasteiger partial charge in [0.25, 0.3) is 0 Å². The molecule has 0 radical (unpaired) electrons. The van der Waals surface area contributed by atoms with Gasteiger partial charge in [0.2, 0.25) is 0 Å². The van der Waals surface area contributed by atoms with Gasteiger partial charge < -0.3 is 0 Å². The molecule has 0 aromatic heterocycles. The van der Waals surface area contributed by atoms with Crippen LogP contribution in [0.4, 0.5) is 0 Å². The van der Waals surface area contributed by atoms with Gasteiger partial charge in [-0.3, -0.25) is 0 Å². The minimum atomic E-state index is -3.28. The fourth-order valence-corrected chi connectivity index (χ4v) is 5.80. The second-order valence-electron chi connectivity index (χ2n) is 3.53. The number of hydrogen-bond donors (Lipinski definition) is 0. The van der Waals surface area contributed by atoms with Crippen LogP contribution in [0.25, 0.3) is 0 Å². The summed E-state index contributed by atoms with van der Waals surface area (Å²) in [7, 11) is 0. The van der Waals surface area contributed by atoms with Gasteiger partial charge in [-0.1, -0.05) is 0 Å². The van der Waals surface area contributed by atoms with Crippen LogP contribution in [0, 0.1) is 0 Å². The van der Waals surface area contributed by atoms with Gasteiger partial charge >= 0.3 is 82.8 Å². The summed E-state index contributed by atoms with van der Waals surface area (Å²) in [5.74, 6) is 0. The van der Waals surface area contributed by atoms with Gasteiger partial charge in [-0.15, -0.1) is 0 Å². The zero-order chi connectivity index (χ0) is 9.90. The first kappa shape index (κ1) is 11.5. The molecule has 1 aliphatic heterocycles. The van der Waals surface area contributed by atoms with E-state index in [4.69, 9.17) is 15.1 Å². The van der Waals surface area contributed by atoms with Crippen LogP contribution in [0.5, 0.6) is 0 Å². The Hall–Kier alpha value is 0.383. The molecule has 0 bridgehead atoms. The summed E-state index contributed by atoms with van der Waals surface area (Å²) < 4.78 is 22.2. The molecule has 0 aliphatic carbocycles. The molecule has 13 heavy (non-hydrogen) atoms. The van der Waals surface area contributed by atoms with E-state index >= 15 is 0 Å². The number of hydrogen-bond acceptors (Lipinski definition) is 4. The monoisotopic (exact) mass is 252 g/mol. The normalized spacial score (nSPS) is 21.7. The van der Waals surface area contributed by atoms with Gasteiger partial charge in [-0.05, 0) is 0 Å². The molecule has 0 spiro atoms. The van der Waals surface area contributed by atoms with Crippen molar-refractivity contribution in [2.75, 3.05) is 13.2 Å². The van der Waals surface area contributed by atoms with Crippen molar-refractivity contribution in [1.29, 1.82) is 0 Å². The summed E-state index contributed by atoms with van der Waals surface area (Å²) in [6, 6.07) is 0. The quantitative estimate of drug-likeness (QED) is 0.706. The van der Waals surface area contributed by atoms with Crippen molar-refractivity contribution in [2.24, 2.45) is 0 Å². The van der Waals surface area contributed by atoms with E-state index in [0.29, 0.717) is 13.2 Å². The van der Waals surface area contributed by atoms with Crippen molar-refractivity contribution in [2.45, 2.75) is 39.9 Å². The third-order valence-electron chi connectivity index (χ3n) is 1.40. The average Bonchev–Trinajstić information content (AvgIpc) is 2.33. The van der Waals surface area contributed by atoms with Crippen molar-refractivity contribution in [3.8, 4) is 0 Å². The van der Waals surface area contributed by atoms with Crippen molar-refractivity contribution >= 4 is 14.6 Å². The summed E-state index contributed by atoms with van der Waals surface area (Å²) in [4.78, 5) is 0. The van der Waals surface area contributed by atoms with E-state index in [2.05, 4.69) is 0 Å². The third kappa shape index (κ3) is 3.55. The zero-order valence-corrected chi connectivity index (χ0v) is 10.8. The van der Waals surface area contributed by atoms with Crippen molar-refractivity contribution in [3.63, 3.8) is 0 Å². The molecule has 5 heteroatoms. The van der Waals surface area contributed by atoms with E-state index in [1.807, 2.05) is 27.7 Å². The standard InChI is InChI=1S/C8H18GeO4/c1-7(2)12-9(13-8(3)4)10-5-6-11-9/h7-8H,5-6H2,1-4H3. The first-order valence-corrected chi connectivity index (χ1v) is 8.10. The van der Waals surface area contributed by atoms with Crippen LogP contribution in [0.2, 0.25) is 0 Å². The fourth-order valence-electron chi connectivity index (χ4n) is 1.12. The molecule has 0 N–H and O–H groups in total. The van der Waals surface area contributed by atoms with E-state index in [1.165, 1.54) is 0 Å². The van der Waals surface area contributed by atoms with Crippen LogP contribution in [-0.4, -0.2) is 40.0 Å². The second kappa shape index (κ2) is 4.75. The van der Waals surface area contributed by atoms with Crippen LogP contribution >= 0.6 is 0 Å². The summed E-state index contributed by atoms with van der Waals surface area (Å²) in [5, 5.41) is 0. The fraction of sp³-hybridized carbons (Fsp3) is 1.00. The molecule has 0 aromatic carbocycles. The van der Waals surface area contributed by atoms with Gasteiger partial charge in [0.15, 0.2) is 0 Å². The third-order valence-corrected chi connectivity index (χ3v) is 6.93. The number of rotatable bonds is 4. The van der Waals surface area contributed by atoms with Crippen LogP contribution in [0.15, 0.2) is 0 Å². The molecule has 78 valence electrons. The predicted molar refractivity (Wildman–Crippen MR) is 50.1 cm³/mol. The van der Waals surface area contributed by atoms with Gasteiger partial charge in [-0.2, -0.15) is 0 Å². The topological polar surface area (TPSA) is 36.9 Å². The van der Waals surface area contributed by atoms with Crippen molar-refractivity contribution in [1.82, 2.24) is 0 Å². The molecule has 1 rings (SSSR count). The molecule has 1 saturated heterocycles. The van der Waals surface area contributed by atoms with E-state index in [-0.39, 0.29) is 12.2 Å². The molecule has 1 fully saturated rings. The second-order valence-corrected chi connectivity index (χ2v) is 7.83. The summed E-state index contributed by atoms with van der Waals surface area (Å²) in [6.45, 7) is 9.03. The summed E-state index contributed by atoms with van der Waals surface area (Å²) in [6.07, 6.45) is 0.189. The van der Waals surface area contributed by atoms with Crippen molar-refractivity contribution < 1.29 is 15.1 Å². The van der Waals surface area contributed by atoms with E-state index < -0.39 is 14.6 Å². The van der Waals surface area contributed by atoms with Crippen LogP contribution in [0.3, 0.4) is 0 Å². The van der Waals surface area contributed by atoms with Crippen LogP contribution in [0.1, 0.15) is 27.7 Å². The van der Waals surface area contributed by atoms with Gasteiger partial charge in [0.05, 0.1) is 0 Å². The molecular formula is C8H18GeO4. The molecule has 0 saturated carbocycles. The summed E-state index contributed by atoms with van der Waals surface area (Å²) in [5.41, 5.74) is 0. The van der Waals surface area contributed by atoms with E-state index in [1.54, 1.807) is 0 Å². The zero-order valence-electron chi connectivity index (χ0n) is 8.70. The molecule has 0 amide bonds. The molecule has 1 aliphatic rings. The Bertz CT molecular complexity index is 142. The van der Waals surface area contributed by atoms with E-state index in [0.717, 1.165) is 0 Å². The molecule has 0 unspecified atom stereocenters. The van der Waals surface area contributed by atoms with E-state index in [9.17, 15) is 0 Å². The van der Waals surface area contributed by atoms with Crippen LogP contribution < -0.4 is 0 Å². The maximum atomic E-state index is 5.63. The Labute approximate surface area is 83.2 Å². The molecular weight excluding hydrogens is 233 g/mol. The molecule has 4 nitrogen and oxygen atoms in total. The Morgan fingerprint density at radius 2 is 1.31 bits per heavy atom. The van der Waals surface area contributed by atoms with Gasteiger partial charge in [-0.25, -0.2) is 0 Å². The van der Waals surface area contributed by atoms with Gasteiger partial charge in [0, 0.05) is 0 Å². The molecule has 0 aromatic rings. The van der Waals surface area contributed by atoms with Crippen LogP contribution in [-0.2, 0) is 15.1 Å². The first-order chi connectivity index (χ1) is 6.04. The Morgan fingerprint density at radius 3 is 1.62 bits per heavy atom. The maximum absolute atomic E-state index is 5.63. The average molecular weight is 251 g/mol. The minimum absolute atomic E-state index is 0.0943. The predicted octanol–water partition coefficient (Wildman–Crippen LogP) is 1.32. The molecule has 1 heterocycles. The Balaban J connectivity index is 2.52. The molecule has 0 atom stereocenters. The van der Waals surface area contributed by atoms with Crippen molar-refractivity contribution in [3.05, 3.63) is 0 Å². The summed E-state index contributed by atoms with van der Waals surface area (Å²) >= 11 is -3.28.